The first-order valence-electron chi connectivity index (χ1n) is 3.80. The van der Waals surface area contributed by atoms with Crippen molar-refractivity contribution in [3.8, 4) is 0 Å². The van der Waals surface area contributed by atoms with Crippen molar-refractivity contribution in [2.45, 2.75) is 6.42 Å². The molecule has 14 heavy (non-hydrogen) atoms. The number of carbonyl (C=O) groups excluding carboxylic acids is 1. The molecule has 0 radical (unpaired) electrons. The van der Waals surface area contributed by atoms with Crippen molar-refractivity contribution >= 4 is 17.4 Å². The maximum absolute atomic E-state index is 12.9. The summed E-state index contributed by atoms with van der Waals surface area (Å²) in [4.78, 5) is 11.1. The van der Waals surface area contributed by atoms with Crippen molar-refractivity contribution in [3.63, 3.8) is 0 Å². The number of alkyl halides is 1. The van der Waals surface area contributed by atoms with E-state index in [1.54, 1.807) is 0 Å². The molecule has 0 amide bonds. The highest BCUT2D eigenvalue weighted by Crippen LogP contribution is 2.16. The van der Waals surface area contributed by atoms with Crippen molar-refractivity contribution in [2.24, 2.45) is 0 Å². The lowest BCUT2D eigenvalue weighted by molar-refractivity contribution is 0.0981. The molecule has 0 aliphatic heterocycles. The molecule has 1 nitrogen and oxygen atoms in total. The van der Waals surface area contributed by atoms with E-state index in [2.05, 4.69) is 0 Å². The Morgan fingerprint density at radius 1 is 1.21 bits per heavy atom. The van der Waals surface area contributed by atoms with Crippen LogP contribution >= 0.6 is 11.6 Å². The molecule has 0 saturated carbocycles. The van der Waals surface area contributed by atoms with Crippen LogP contribution in [0.15, 0.2) is 12.1 Å². The summed E-state index contributed by atoms with van der Waals surface area (Å²) in [5, 5.41) is 0. The SMILES string of the molecule is O=C(CCCl)c1c(F)cc(F)cc1F. The summed E-state index contributed by atoms with van der Waals surface area (Å²) in [7, 11) is 0. The zero-order valence-electron chi connectivity index (χ0n) is 6.99. The topological polar surface area (TPSA) is 17.1 Å². The lowest BCUT2D eigenvalue weighted by Crippen LogP contribution is -2.07. The van der Waals surface area contributed by atoms with Crippen molar-refractivity contribution in [1.82, 2.24) is 0 Å². The van der Waals surface area contributed by atoms with Crippen molar-refractivity contribution < 1.29 is 18.0 Å². The van der Waals surface area contributed by atoms with E-state index in [1.165, 1.54) is 0 Å². The highest BCUT2D eigenvalue weighted by Gasteiger charge is 2.17. The molecule has 0 fully saturated rings. The fraction of sp³-hybridized carbons (Fsp3) is 0.222. The molecule has 1 aromatic carbocycles. The Morgan fingerprint density at radius 3 is 2.14 bits per heavy atom. The van der Waals surface area contributed by atoms with Crippen LogP contribution in [-0.2, 0) is 0 Å². The number of carbonyl (C=O) groups is 1. The molecular formula is C9H6ClF3O. The largest absolute Gasteiger partial charge is 0.294 e. The molecule has 0 aliphatic carbocycles. The van der Waals surface area contributed by atoms with Gasteiger partial charge in [0.2, 0.25) is 0 Å². The Bertz CT molecular complexity index is 342. The fourth-order valence-electron chi connectivity index (χ4n) is 1.02. The summed E-state index contributed by atoms with van der Waals surface area (Å²) >= 11 is 5.24. The maximum Gasteiger partial charge on any atom is 0.169 e. The van der Waals surface area contributed by atoms with Gasteiger partial charge in [-0.1, -0.05) is 0 Å². The summed E-state index contributed by atoms with van der Waals surface area (Å²) in [5.74, 6) is -4.25. The molecule has 0 aromatic heterocycles. The van der Waals surface area contributed by atoms with Crippen molar-refractivity contribution in [2.75, 3.05) is 5.88 Å². The number of ketones is 1. The van der Waals surface area contributed by atoms with Gasteiger partial charge < -0.3 is 0 Å². The van der Waals surface area contributed by atoms with Gasteiger partial charge in [0.25, 0.3) is 0 Å². The summed E-state index contributed by atoms with van der Waals surface area (Å²) in [6.07, 6.45) is -0.180. The van der Waals surface area contributed by atoms with E-state index in [0.29, 0.717) is 12.1 Å². The summed E-state index contributed by atoms with van der Waals surface area (Å²) in [5.41, 5.74) is -0.730. The normalized spacial score (nSPS) is 10.3. The molecule has 0 aliphatic rings. The number of hydrogen-bond acceptors (Lipinski definition) is 1. The van der Waals surface area contributed by atoms with E-state index in [-0.39, 0.29) is 12.3 Å². The zero-order chi connectivity index (χ0) is 10.7. The van der Waals surface area contributed by atoms with Gasteiger partial charge in [-0.25, -0.2) is 13.2 Å². The second-order valence-electron chi connectivity index (χ2n) is 2.61. The van der Waals surface area contributed by atoms with E-state index in [9.17, 15) is 18.0 Å². The number of benzene rings is 1. The highest BCUT2D eigenvalue weighted by molar-refractivity contribution is 6.19. The molecule has 1 rings (SSSR count). The van der Waals surface area contributed by atoms with Crippen LogP contribution in [0.1, 0.15) is 16.8 Å². The number of rotatable bonds is 3. The number of Topliss-reactive ketones (excluding diaryl/α,β-unsaturated/α-hetero) is 1. The minimum Gasteiger partial charge on any atom is -0.294 e. The van der Waals surface area contributed by atoms with E-state index in [1.807, 2.05) is 0 Å². The predicted molar refractivity (Wildman–Crippen MR) is 46.0 cm³/mol. The maximum atomic E-state index is 12.9. The van der Waals surface area contributed by atoms with E-state index >= 15 is 0 Å². The standard InChI is InChI=1S/C9H6ClF3O/c10-2-1-8(14)9-6(12)3-5(11)4-7(9)13/h3-4H,1-2H2. The lowest BCUT2D eigenvalue weighted by Gasteiger charge is -2.02. The lowest BCUT2D eigenvalue weighted by atomic mass is 10.1. The van der Waals surface area contributed by atoms with Gasteiger partial charge in [0.1, 0.15) is 17.5 Å². The number of hydrogen-bond donors (Lipinski definition) is 0. The van der Waals surface area contributed by atoms with Crippen LogP contribution in [0.5, 0.6) is 0 Å². The predicted octanol–water partition coefficient (Wildman–Crippen LogP) is 2.92. The summed E-state index contributed by atoms with van der Waals surface area (Å²) in [6, 6.07) is 0.926. The third-order valence-electron chi connectivity index (χ3n) is 1.61. The van der Waals surface area contributed by atoms with Crippen molar-refractivity contribution in [1.29, 1.82) is 0 Å². The van der Waals surface area contributed by atoms with Crippen LogP contribution in [-0.4, -0.2) is 11.7 Å². The summed E-state index contributed by atoms with van der Waals surface area (Å²) < 4.78 is 38.3. The van der Waals surface area contributed by atoms with Gasteiger partial charge in [-0.3, -0.25) is 4.79 Å². The van der Waals surface area contributed by atoms with Crippen LogP contribution in [0.4, 0.5) is 13.2 Å². The Hall–Kier alpha value is -1.03. The van der Waals surface area contributed by atoms with E-state index < -0.39 is 28.8 Å². The molecule has 0 bridgehead atoms. The third-order valence-corrected chi connectivity index (χ3v) is 1.80. The van der Waals surface area contributed by atoms with Gasteiger partial charge in [-0.05, 0) is 0 Å². The Balaban J connectivity index is 3.14. The van der Waals surface area contributed by atoms with Gasteiger partial charge in [0.15, 0.2) is 5.78 Å². The van der Waals surface area contributed by atoms with E-state index in [0.717, 1.165) is 0 Å². The molecule has 0 saturated heterocycles. The molecule has 0 N–H and O–H groups in total. The smallest absolute Gasteiger partial charge is 0.169 e. The first-order valence-corrected chi connectivity index (χ1v) is 4.33. The van der Waals surface area contributed by atoms with E-state index in [4.69, 9.17) is 11.6 Å². The summed E-state index contributed by atoms with van der Waals surface area (Å²) in [6.45, 7) is 0. The molecule has 0 atom stereocenters. The second-order valence-corrected chi connectivity index (χ2v) is 2.98. The van der Waals surface area contributed by atoms with Crippen LogP contribution in [0, 0.1) is 17.5 Å². The van der Waals surface area contributed by atoms with Crippen LogP contribution < -0.4 is 0 Å². The molecule has 0 spiro atoms. The van der Waals surface area contributed by atoms with Crippen LogP contribution in [0.2, 0.25) is 0 Å². The Labute approximate surface area is 83.5 Å². The number of halogens is 4. The Morgan fingerprint density at radius 2 is 1.71 bits per heavy atom. The van der Waals surface area contributed by atoms with Gasteiger partial charge in [-0.2, -0.15) is 0 Å². The molecular weight excluding hydrogens is 217 g/mol. The minimum absolute atomic E-state index is 0.0326. The van der Waals surface area contributed by atoms with Crippen molar-refractivity contribution in [3.05, 3.63) is 35.1 Å². The molecule has 0 unspecified atom stereocenters. The molecule has 76 valence electrons. The highest BCUT2D eigenvalue weighted by atomic mass is 35.5. The first kappa shape index (κ1) is 11.0. The molecule has 1 aromatic rings. The monoisotopic (exact) mass is 222 g/mol. The molecule has 0 heterocycles. The third kappa shape index (κ3) is 2.26. The first-order chi connectivity index (χ1) is 6.56. The van der Waals surface area contributed by atoms with Gasteiger partial charge >= 0.3 is 0 Å². The average Bonchev–Trinajstić information content (AvgIpc) is 2.01. The second kappa shape index (κ2) is 4.46. The zero-order valence-corrected chi connectivity index (χ0v) is 7.74. The Kier molecular flexibility index (Phi) is 3.52. The van der Waals surface area contributed by atoms with Crippen LogP contribution in [0.25, 0.3) is 0 Å². The van der Waals surface area contributed by atoms with Gasteiger partial charge in [0.05, 0.1) is 5.56 Å². The van der Waals surface area contributed by atoms with Gasteiger partial charge in [-0.15, -0.1) is 11.6 Å². The molecule has 5 heteroatoms. The van der Waals surface area contributed by atoms with Gasteiger partial charge in [0, 0.05) is 24.4 Å². The minimum atomic E-state index is -1.20. The average molecular weight is 223 g/mol. The van der Waals surface area contributed by atoms with Crippen LogP contribution in [0.3, 0.4) is 0 Å². The quantitative estimate of drug-likeness (QED) is 0.568. The fourth-order valence-corrected chi connectivity index (χ4v) is 1.19.